The highest BCUT2D eigenvalue weighted by Crippen LogP contribution is 2.43. The first-order valence-corrected chi connectivity index (χ1v) is 6.33. The van der Waals surface area contributed by atoms with E-state index < -0.39 is 0 Å². The predicted molar refractivity (Wildman–Crippen MR) is 60.6 cm³/mol. The van der Waals surface area contributed by atoms with Crippen LogP contribution in [0.15, 0.2) is 0 Å². The molecule has 2 nitrogen and oxygen atoms in total. The molecule has 0 radical (unpaired) electrons. The summed E-state index contributed by atoms with van der Waals surface area (Å²) in [6, 6.07) is 0. The summed E-state index contributed by atoms with van der Waals surface area (Å²) < 4.78 is 11.7. The molecule has 1 saturated heterocycles. The van der Waals surface area contributed by atoms with Gasteiger partial charge in [-0.2, -0.15) is 0 Å². The van der Waals surface area contributed by atoms with Gasteiger partial charge in [-0.15, -0.1) is 0 Å². The van der Waals surface area contributed by atoms with Gasteiger partial charge in [-0.3, -0.25) is 0 Å². The SMILES string of the molecule is CC1CCC(C)(C2OCC(C)CO2)CC1. The quantitative estimate of drug-likeness (QED) is 0.664. The lowest BCUT2D eigenvalue weighted by Gasteiger charge is -2.44. The second-order valence-corrected chi connectivity index (χ2v) is 5.94. The Kier molecular flexibility index (Phi) is 3.36. The molecule has 2 rings (SSSR count). The zero-order valence-electron chi connectivity index (χ0n) is 10.3. The first kappa shape index (κ1) is 11.4. The van der Waals surface area contributed by atoms with Gasteiger partial charge in [0.25, 0.3) is 0 Å². The van der Waals surface area contributed by atoms with Crippen molar-refractivity contribution >= 4 is 0 Å². The number of hydrogen-bond acceptors (Lipinski definition) is 2. The molecule has 0 aromatic heterocycles. The lowest BCUT2D eigenvalue weighted by molar-refractivity contribution is -0.254. The normalized spacial score (nSPS) is 47.8. The van der Waals surface area contributed by atoms with Gasteiger partial charge in [-0.25, -0.2) is 0 Å². The summed E-state index contributed by atoms with van der Waals surface area (Å²) in [4.78, 5) is 0. The highest BCUT2D eigenvalue weighted by Gasteiger charge is 2.40. The second-order valence-electron chi connectivity index (χ2n) is 5.94. The van der Waals surface area contributed by atoms with Gasteiger partial charge < -0.3 is 9.47 Å². The van der Waals surface area contributed by atoms with Crippen LogP contribution in [-0.4, -0.2) is 19.5 Å². The Morgan fingerprint density at radius 1 is 0.933 bits per heavy atom. The highest BCUT2D eigenvalue weighted by molar-refractivity contribution is 4.85. The third-order valence-corrected chi connectivity index (χ3v) is 4.05. The molecule has 0 bridgehead atoms. The zero-order valence-corrected chi connectivity index (χ0v) is 10.3. The Balaban J connectivity index is 1.91. The van der Waals surface area contributed by atoms with Crippen molar-refractivity contribution in [1.29, 1.82) is 0 Å². The van der Waals surface area contributed by atoms with Crippen LogP contribution in [0.2, 0.25) is 0 Å². The van der Waals surface area contributed by atoms with Crippen LogP contribution in [0.25, 0.3) is 0 Å². The fourth-order valence-corrected chi connectivity index (χ4v) is 2.66. The summed E-state index contributed by atoms with van der Waals surface area (Å²) in [6.45, 7) is 8.61. The van der Waals surface area contributed by atoms with E-state index in [1.54, 1.807) is 0 Å². The molecule has 0 unspecified atom stereocenters. The Labute approximate surface area is 93.3 Å². The smallest absolute Gasteiger partial charge is 0.162 e. The van der Waals surface area contributed by atoms with E-state index in [1.807, 2.05) is 0 Å². The average Bonchev–Trinajstić information content (AvgIpc) is 2.24. The molecule has 1 heterocycles. The largest absolute Gasteiger partial charge is 0.352 e. The summed E-state index contributed by atoms with van der Waals surface area (Å²) in [5, 5.41) is 0. The number of hydrogen-bond donors (Lipinski definition) is 0. The average molecular weight is 212 g/mol. The summed E-state index contributed by atoms with van der Waals surface area (Å²) in [7, 11) is 0. The van der Waals surface area contributed by atoms with Crippen LogP contribution in [0, 0.1) is 17.3 Å². The fourth-order valence-electron chi connectivity index (χ4n) is 2.66. The molecular weight excluding hydrogens is 188 g/mol. The standard InChI is InChI=1S/C13H24O2/c1-10-4-6-13(3,7-5-10)12-14-8-11(2)9-15-12/h10-12H,4-9H2,1-3H3. The maximum atomic E-state index is 5.85. The van der Waals surface area contributed by atoms with E-state index in [0.717, 1.165) is 19.1 Å². The van der Waals surface area contributed by atoms with Crippen LogP contribution >= 0.6 is 0 Å². The van der Waals surface area contributed by atoms with Crippen molar-refractivity contribution in [2.45, 2.75) is 52.7 Å². The topological polar surface area (TPSA) is 18.5 Å². The minimum absolute atomic E-state index is 0.0567. The van der Waals surface area contributed by atoms with Crippen molar-refractivity contribution in [2.75, 3.05) is 13.2 Å². The summed E-state index contributed by atoms with van der Waals surface area (Å²) in [6.07, 6.45) is 5.23. The van der Waals surface area contributed by atoms with Crippen LogP contribution in [0.1, 0.15) is 46.5 Å². The van der Waals surface area contributed by atoms with Crippen molar-refractivity contribution in [3.05, 3.63) is 0 Å². The minimum Gasteiger partial charge on any atom is -0.352 e. The van der Waals surface area contributed by atoms with Gasteiger partial charge in [0.05, 0.1) is 13.2 Å². The lowest BCUT2D eigenvalue weighted by atomic mass is 9.71. The Hall–Kier alpha value is -0.0800. The molecule has 2 heteroatoms. The van der Waals surface area contributed by atoms with Gasteiger partial charge in [-0.05, 0) is 18.8 Å². The predicted octanol–water partition coefficient (Wildman–Crippen LogP) is 3.21. The van der Waals surface area contributed by atoms with Crippen LogP contribution in [0.3, 0.4) is 0 Å². The van der Waals surface area contributed by atoms with Gasteiger partial charge in [-0.1, -0.05) is 33.6 Å². The van der Waals surface area contributed by atoms with Gasteiger partial charge in [0.15, 0.2) is 6.29 Å². The third-order valence-electron chi connectivity index (χ3n) is 4.05. The van der Waals surface area contributed by atoms with Crippen molar-refractivity contribution in [2.24, 2.45) is 17.3 Å². The molecule has 0 spiro atoms. The van der Waals surface area contributed by atoms with Crippen LogP contribution < -0.4 is 0 Å². The van der Waals surface area contributed by atoms with E-state index in [-0.39, 0.29) is 11.7 Å². The van der Waals surface area contributed by atoms with E-state index in [4.69, 9.17) is 9.47 Å². The summed E-state index contributed by atoms with van der Waals surface area (Å²) in [5.74, 6) is 1.45. The number of ether oxygens (including phenoxy) is 2. The zero-order chi connectivity index (χ0) is 10.9. The first-order valence-electron chi connectivity index (χ1n) is 6.33. The minimum atomic E-state index is 0.0567. The Bertz CT molecular complexity index is 199. The molecule has 0 aromatic rings. The summed E-state index contributed by atoms with van der Waals surface area (Å²) >= 11 is 0. The van der Waals surface area contributed by atoms with Gasteiger partial charge in [0.2, 0.25) is 0 Å². The molecule has 0 atom stereocenters. The molecule has 2 fully saturated rings. The molecule has 1 saturated carbocycles. The van der Waals surface area contributed by atoms with E-state index in [1.165, 1.54) is 25.7 Å². The van der Waals surface area contributed by atoms with Gasteiger partial charge in [0, 0.05) is 11.3 Å². The van der Waals surface area contributed by atoms with Crippen LogP contribution in [0.4, 0.5) is 0 Å². The molecule has 0 amide bonds. The van der Waals surface area contributed by atoms with Gasteiger partial charge in [0.1, 0.15) is 0 Å². The maximum absolute atomic E-state index is 5.85. The first-order chi connectivity index (χ1) is 7.10. The van der Waals surface area contributed by atoms with Gasteiger partial charge >= 0.3 is 0 Å². The lowest BCUT2D eigenvalue weighted by Crippen LogP contribution is -2.44. The number of rotatable bonds is 1. The van der Waals surface area contributed by atoms with Crippen molar-refractivity contribution in [3.63, 3.8) is 0 Å². The van der Waals surface area contributed by atoms with E-state index in [0.29, 0.717) is 5.92 Å². The Morgan fingerprint density at radius 3 is 2.00 bits per heavy atom. The van der Waals surface area contributed by atoms with Crippen molar-refractivity contribution < 1.29 is 9.47 Å². The summed E-state index contributed by atoms with van der Waals surface area (Å²) in [5.41, 5.74) is 0.270. The van der Waals surface area contributed by atoms with E-state index in [9.17, 15) is 0 Å². The monoisotopic (exact) mass is 212 g/mol. The molecule has 1 aliphatic carbocycles. The molecule has 2 aliphatic rings. The van der Waals surface area contributed by atoms with E-state index >= 15 is 0 Å². The second kappa shape index (κ2) is 4.42. The van der Waals surface area contributed by atoms with Crippen LogP contribution in [-0.2, 0) is 9.47 Å². The van der Waals surface area contributed by atoms with E-state index in [2.05, 4.69) is 20.8 Å². The molecule has 15 heavy (non-hydrogen) atoms. The van der Waals surface area contributed by atoms with Crippen LogP contribution in [0.5, 0.6) is 0 Å². The fraction of sp³-hybridized carbons (Fsp3) is 1.00. The maximum Gasteiger partial charge on any atom is 0.162 e. The van der Waals surface area contributed by atoms with Crippen molar-refractivity contribution in [3.8, 4) is 0 Å². The Morgan fingerprint density at radius 2 is 1.47 bits per heavy atom. The molecule has 0 N–H and O–H groups in total. The molecule has 1 aliphatic heterocycles. The molecular formula is C13H24O2. The third kappa shape index (κ3) is 2.54. The molecule has 88 valence electrons. The molecule has 0 aromatic carbocycles. The van der Waals surface area contributed by atoms with Crippen molar-refractivity contribution in [1.82, 2.24) is 0 Å². The highest BCUT2D eigenvalue weighted by atomic mass is 16.7.